The zero-order valence-corrected chi connectivity index (χ0v) is 14.1. The number of nitrogens with zero attached hydrogens (tertiary/aromatic N) is 2. The number of aryl methyl sites for hydroxylation is 1. The number of benzene rings is 2. The first-order chi connectivity index (χ1) is 12.6. The third kappa shape index (κ3) is 2.73. The molecule has 4 rings (SSSR count). The summed E-state index contributed by atoms with van der Waals surface area (Å²) in [6.07, 6.45) is 1.16. The van der Waals surface area contributed by atoms with Crippen LogP contribution < -0.4 is 10.7 Å². The van der Waals surface area contributed by atoms with Gasteiger partial charge in [-0.05, 0) is 31.2 Å². The van der Waals surface area contributed by atoms with E-state index in [1.807, 2.05) is 65.2 Å². The lowest BCUT2D eigenvalue weighted by Crippen LogP contribution is -2.15. The van der Waals surface area contributed by atoms with Gasteiger partial charge in [0.25, 0.3) is 0 Å². The number of rotatable bonds is 3. The Kier molecular flexibility index (Phi) is 3.97. The van der Waals surface area contributed by atoms with Crippen LogP contribution in [0.5, 0.6) is 0 Å². The van der Waals surface area contributed by atoms with E-state index in [1.165, 1.54) is 6.07 Å². The minimum Gasteiger partial charge on any atom is -0.341 e. The minimum absolute atomic E-state index is 0.268. The molecule has 4 aromatic rings. The monoisotopic (exact) mass is 345 g/mol. The number of halogens is 1. The third-order valence-corrected chi connectivity index (χ3v) is 4.28. The molecule has 0 atom stereocenters. The third-order valence-electron chi connectivity index (χ3n) is 4.28. The molecule has 0 saturated heterocycles. The summed E-state index contributed by atoms with van der Waals surface area (Å²) >= 11 is 0. The summed E-state index contributed by atoms with van der Waals surface area (Å²) in [6.45, 7) is 1.60. The minimum atomic E-state index is -0.488. The van der Waals surface area contributed by atoms with Crippen molar-refractivity contribution in [1.29, 1.82) is 0 Å². The van der Waals surface area contributed by atoms with Crippen molar-refractivity contribution in [2.75, 3.05) is 5.32 Å². The van der Waals surface area contributed by atoms with Crippen molar-refractivity contribution < 1.29 is 4.39 Å². The molecule has 1 N–H and O–H groups in total. The second-order valence-electron chi connectivity index (χ2n) is 5.99. The van der Waals surface area contributed by atoms with Crippen LogP contribution in [0.1, 0.15) is 5.56 Å². The van der Waals surface area contributed by atoms with Crippen molar-refractivity contribution in [2.45, 2.75) is 6.92 Å². The number of pyridine rings is 2. The van der Waals surface area contributed by atoms with Crippen molar-refractivity contribution in [1.82, 2.24) is 9.55 Å². The Hall–Kier alpha value is -3.47. The fraction of sp³-hybridized carbons (Fsp3) is 0.0476. The van der Waals surface area contributed by atoms with Crippen LogP contribution >= 0.6 is 0 Å². The second kappa shape index (κ2) is 6.44. The van der Waals surface area contributed by atoms with Crippen LogP contribution in [0.2, 0.25) is 0 Å². The van der Waals surface area contributed by atoms with Gasteiger partial charge in [0, 0.05) is 23.0 Å². The van der Waals surface area contributed by atoms with Crippen molar-refractivity contribution in [3.8, 4) is 5.69 Å². The van der Waals surface area contributed by atoms with Crippen LogP contribution in [-0.2, 0) is 0 Å². The van der Waals surface area contributed by atoms with E-state index in [9.17, 15) is 9.18 Å². The van der Waals surface area contributed by atoms with Gasteiger partial charge in [-0.1, -0.05) is 36.4 Å². The van der Waals surface area contributed by atoms with E-state index in [0.717, 1.165) is 17.6 Å². The van der Waals surface area contributed by atoms with Gasteiger partial charge >= 0.3 is 0 Å². The predicted octanol–water partition coefficient (Wildman–Crippen LogP) is 4.58. The van der Waals surface area contributed by atoms with E-state index in [-0.39, 0.29) is 10.8 Å². The molecule has 0 spiro atoms. The first-order valence-electron chi connectivity index (χ1n) is 8.23. The van der Waals surface area contributed by atoms with Crippen LogP contribution in [0.4, 0.5) is 15.9 Å². The number of para-hydroxylation sites is 2. The summed E-state index contributed by atoms with van der Waals surface area (Å²) in [5.41, 5.74) is 2.12. The van der Waals surface area contributed by atoms with E-state index in [4.69, 9.17) is 0 Å². The highest BCUT2D eigenvalue weighted by Gasteiger charge is 2.16. The summed E-state index contributed by atoms with van der Waals surface area (Å²) in [6, 6.07) is 20.6. The van der Waals surface area contributed by atoms with Crippen molar-refractivity contribution in [2.24, 2.45) is 0 Å². The van der Waals surface area contributed by atoms with Crippen LogP contribution in [0.25, 0.3) is 16.7 Å². The maximum absolute atomic E-state index is 14.0. The number of aromatic nitrogens is 2. The highest BCUT2D eigenvalue weighted by Crippen LogP contribution is 2.25. The molecule has 0 saturated carbocycles. The number of hydrogen-bond donors (Lipinski definition) is 1. The Balaban J connectivity index is 2.05. The number of hydrogen-bond acceptors (Lipinski definition) is 3. The molecular weight excluding hydrogens is 329 g/mol. The van der Waals surface area contributed by atoms with Crippen LogP contribution in [0.3, 0.4) is 0 Å². The SMILES string of the molecule is Cc1c(F)cnc2c1c(=O)cc(Nc1ccccc1)n2-c1ccccc1. The summed E-state index contributed by atoms with van der Waals surface area (Å²) in [5, 5.41) is 3.55. The van der Waals surface area contributed by atoms with Gasteiger partial charge in [0.1, 0.15) is 17.3 Å². The van der Waals surface area contributed by atoms with Gasteiger partial charge in [-0.2, -0.15) is 0 Å². The van der Waals surface area contributed by atoms with Crippen molar-refractivity contribution in [3.05, 3.63) is 94.5 Å². The quantitative estimate of drug-likeness (QED) is 0.591. The zero-order valence-electron chi connectivity index (χ0n) is 14.1. The fourth-order valence-electron chi connectivity index (χ4n) is 3.01. The molecule has 128 valence electrons. The molecule has 0 aliphatic heterocycles. The molecule has 2 heterocycles. The highest BCUT2D eigenvalue weighted by molar-refractivity contribution is 5.83. The molecule has 26 heavy (non-hydrogen) atoms. The van der Waals surface area contributed by atoms with Gasteiger partial charge in [0.2, 0.25) is 0 Å². The lowest BCUT2D eigenvalue weighted by molar-refractivity contribution is 0.614. The second-order valence-corrected chi connectivity index (χ2v) is 5.99. The number of anilines is 2. The van der Waals surface area contributed by atoms with E-state index in [2.05, 4.69) is 10.3 Å². The Morgan fingerprint density at radius 1 is 1.00 bits per heavy atom. The molecule has 2 aromatic carbocycles. The summed E-state index contributed by atoms with van der Waals surface area (Å²) in [7, 11) is 0. The standard InChI is InChI=1S/C21H16FN3O/c1-14-17(22)13-23-21-20(14)18(26)12-19(24-15-8-4-2-5-9-15)25(21)16-10-6-3-7-11-16/h2-13,24H,1H3. The Labute approximate surface area is 149 Å². The Morgan fingerprint density at radius 2 is 1.65 bits per heavy atom. The van der Waals surface area contributed by atoms with Gasteiger partial charge in [-0.15, -0.1) is 0 Å². The van der Waals surface area contributed by atoms with E-state index in [1.54, 1.807) is 6.92 Å². The topological polar surface area (TPSA) is 46.9 Å². The average Bonchev–Trinajstić information content (AvgIpc) is 2.66. The molecule has 0 aliphatic rings. The molecular formula is C21H16FN3O. The fourth-order valence-corrected chi connectivity index (χ4v) is 3.01. The molecule has 0 radical (unpaired) electrons. The molecule has 0 aliphatic carbocycles. The molecule has 2 aromatic heterocycles. The first kappa shape index (κ1) is 16.0. The molecule has 0 unspecified atom stereocenters. The van der Waals surface area contributed by atoms with Crippen LogP contribution in [0.15, 0.2) is 77.7 Å². The van der Waals surface area contributed by atoms with E-state index in [0.29, 0.717) is 17.0 Å². The van der Waals surface area contributed by atoms with Crippen LogP contribution in [-0.4, -0.2) is 9.55 Å². The van der Waals surface area contributed by atoms with Gasteiger partial charge in [-0.25, -0.2) is 9.37 Å². The average molecular weight is 345 g/mol. The number of fused-ring (bicyclic) bond motifs is 1. The smallest absolute Gasteiger partial charge is 0.193 e. The first-order valence-corrected chi connectivity index (χ1v) is 8.23. The molecule has 5 heteroatoms. The highest BCUT2D eigenvalue weighted by atomic mass is 19.1. The van der Waals surface area contributed by atoms with Crippen molar-refractivity contribution in [3.63, 3.8) is 0 Å². The van der Waals surface area contributed by atoms with Gasteiger partial charge < -0.3 is 5.32 Å². The number of nitrogens with one attached hydrogen (secondary N) is 1. The normalized spacial score (nSPS) is 10.8. The molecule has 0 amide bonds. The van der Waals surface area contributed by atoms with E-state index >= 15 is 0 Å². The van der Waals surface area contributed by atoms with Gasteiger partial charge in [0.05, 0.1) is 11.6 Å². The summed E-state index contributed by atoms with van der Waals surface area (Å²) in [5.74, 6) is 0.0800. The largest absolute Gasteiger partial charge is 0.341 e. The van der Waals surface area contributed by atoms with Crippen molar-refractivity contribution >= 4 is 22.5 Å². The van der Waals surface area contributed by atoms with Crippen LogP contribution in [0, 0.1) is 12.7 Å². The predicted molar refractivity (Wildman–Crippen MR) is 102 cm³/mol. The maximum Gasteiger partial charge on any atom is 0.193 e. The summed E-state index contributed by atoms with van der Waals surface area (Å²) in [4.78, 5) is 16.9. The summed E-state index contributed by atoms with van der Waals surface area (Å²) < 4.78 is 15.8. The Morgan fingerprint density at radius 3 is 2.35 bits per heavy atom. The van der Waals surface area contributed by atoms with E-state index < -0.39 is 5.82 Å². The van der Waals surface area contributed by atoms with Gasteiger partial charge in [0.15, 0.2) is 5.43 Å². The Bertz CT molecular complexity index is 1140. The lowest BCUT2D eigenvalue weighted by atomic mass is 10.1. The van der Waals surface area contributed by atoms with Gasteiger partial charge in [-0.3, -0.25) is 9.36 Å². The molecule has 4 nitrogen and oxygen atoms in total. The lowest BCUT2D eigenvalue weighted by Gasteiger charge is -2.18. The maximum atomic E-state index is 14.0. The molecule has 0 bridgehead atoms. The zero-order chi connectivity index (χ0) is 18.1. The molecule has 0 fully saturated rings.